The first-order valence-corrected chi connectivity index (χ1v) is 6.37. The van der Waals surface area contributed by atoms with E-state index >= 15 is 0 Å². The van der Waals surface area contributed by atoms with Crippen LogP contribution in [0, 0.1) is 21.4 Å². The lowest BCUT2D eigenvalue weighted by Gasteiger charge is -2.24. The van der Waals surface area contributed by atoms with Crippen LogP contribution in [0.1, 0.15) is 6.42 Å². The summed E-state index contributed by atoms with van der Waals surface area (Å²) in [6.07, 6.45) is 0.251. The number of rotatable bonds is 5. The zero-order valence-electron chi connectivity index (χ0n) is 11.3. The molecule has 0 unspecified atom stereocenters. The van der Waals surface area contributed by atoms with Crippen molar-refractivity contribution in [1.82, 2.24) is 0 Å². The number of benzene rings is 2. The molecule has 6 heteroatoms. The average molecular weight is 282 g/mol. The van der Waals surface area contributed by atoms with E-state index in [-0.39, 0.29) is 17.8 Å². The Bertz CT molecular complexity index is 680. The van der Waals surface area contributed by atoms with Gasteiger partial charge in [0.25, 0.3) is 0 Å². The molecule has 2 aromatic carbocycles. The van der Waals surface area contributed by atoms with Gasteiger partial charge in [0.2, 0.25) is 0 Å². The van der Waals surface area contributed by atoms with Crippen LogP contribution in [-0.2, 0) is 0 Å². The van der Waals surface area contributed by atoms with Gasteiger partial charge in [-0.25, -0.2) is 0 Å². The van der Waals surface area contributed by atoms with Gasteiger partial charge in [0.05, 0.1) is 17.4 Å². The zero-order valence-corrected chi connectivity index (χ0v) is 11.3. The monoisotopic (exact) mass is 282 g/mol. The molecule has 0 aliphatic rings. The number of nitriles is 1. The summed E-state index contributed by atoms with van der Waals surface area (Å²) < 4.78 is 0. The summed E-state index contributed by atoms with van der Waals surface area (Å²) in [6.45, 7) is 0.352. The Morgan fingerprint density at radius 3 is 2.52 bits per heavy atom. The minimum absolute atomic E-state index is 0.107. The number of nitrogen functional groups attached to an aromatic ring is 1. The van der Waals surface area contributed by atoms with Gasteiger partial charge in [-0.1, -0.05) is 24.3 Å². The van der Waals surface area contributed by atoms with Crippen LogP contribution in [0.25, 0.3) is 0 Å². The van der Waals surface area contributed by atoms with Crippen molar-refractivity contribution in [3.05, 3.63) is 58.6 Å². The number of nitro groups is 1. The second-order valence-corrected chi connectivity index (χ2v) is 4.37. The molecule has 0 fully saturated rings. The maximum atomic E-state index is 11.3. The van der Waals surface area contributed by atoms with Crippen LogP contribution in [-0.4, -0.2) is 11.5 Å². The minimum Gasteiger partial charge on any atom is -0.393 e. The second-order valence-electron chi connectivity index (χ2n) is 4.37. The normalized spacial score (nSPS) is 9.86. The Hall–Kier alpha value is -3.07. The minimum atomic E-state index is -0.493. The smallest absolute Gasteiger partial charge is 0.315 e. The molecule has 0 amide bonds. The highest BCUT2D eigenvalue weighted by Crippen LogP contribution is 2.37. The molecule has 0 spiro atoms. The van der Waals surface area contributed by atoms with Crippen LogP contribution in [0.4, 0.5) is 22.7 Å². The molecular formula is C15H14N4O2. The molecule has 2 N–H and O–H groups in total. The first kappa shape index (κ1) is 14.3. The predicted octanol–water partition coefficient (Wildman–Crippen LogP) is 3.23. The summed E-state index contributed by atoms with van der Waals surface area (Å²) >= 11 is 0. The van der Waals surface area contributed by atoms with E-state index in [0.29, 0.717) is 12.2 Å². The Labute approximate surface area is 122 Å². The number of para-hydroxylation sites is 2. The molecule has 0 aliphatic heterocycles. The largest absolute Gasteiger partial charge is 0.393 e. The third-order valence-corrected chi connectivity index (χ3v) is 3.03. The first-order chi connectivity index (χ1) is 10.1. The molecule has 6 nitrogen and oxygen atoms in total. The quantitative estimate of drug-likeness (QED) is 0.516. The Morgan fingerprint density at radius 1 is 1.19 bits per heavy atom. The summed E-state index contributed by atoms with van der Waals surface area (Å²) in [7, 11) is 0. The molecular weight excluding hydrogens is 268 g/mol. The molecule has 2 aromatic rings. The van der Waals surface area contributed by atoms with Crippen LogP contribution in [0.3, 0.4) is 0 Å². The topological polar surface area (TPSA) is 96.2 Å². The van der Waals surface area contributed by atoms with Crippen LogP contribution in [0.2, 0.25) is 0 Å². The van der Waals surface area contributed by atoms with Gasteiger partial charge in [-0.3, -0.25) is 10.1 Å². The van der Waals surface area contributed by atoms with Crippen molar-refractivity contribution >= 4 is 22.7 Å². The fourth-order valence-corrected chi connectivity index (χ4v) is 2.12. The highest BCUT2D eigenvalue weighted by Gasteiger charge is 2.23. The third-order valence-electron chi connectivity index (χ3n) is 3.03. The molecule has 2 rings (SSSR count). The number of hydrogen-bond acceptors (Lipinski definition) is 5. The number of nitrogens with two attached hydrogens (primary N) is 1. The van der Waals surface area contributed by atoms with E-state index in [0.717, 1.165) is 5.69 Å². The van der Waals surface area contributed by atoms with Crippen LogP contribution in [0.5, 0.6) is 0 Å². The van der Waals surface area contributed by atoms with Crippen molar-refractivity contribution in [3.63, 3.8) is 0 Å². The lowest BCUT2D eigenvalue weighted by atomic mass is 10.1. The van der Waals surface area contributed by atoms with E-state index in [9.17, 15) is 10.1 Å². The predicted molar refractivity (Wildman–Crippen MR) is 81.2 cm³/mol. The number of anilines is 3. The molecule has 0 heterocycles. The molecule has 0 atom stereocenters. The molecule has 0 aromatic heterocycles. The summed E-state index contributed by atoms with van der Waals surface area (Å²) in [5.41, 5.74) is 6.87. The van der Waals surface area contributed by atoms with Crippen molar-refractivity contribution in [2.75, 3.05) is 17.2 Å². The fourth-order valence-electron chi connectivity index (χ4n) is 2.12. The molecule has 21 heavy (non-hydrogen) atoms. The molecule has 0 saturated carbocycles. The summed E-state index contributed by atoms with van der Waals surface area (Å²) in [5.74, 6) is 0. The van der Waals surface area contributed by atoms with Gasteiger partial charge in [-0.15, -0.1) is 0 Å². The van der Waals surface area contributed by atoms with Crippen molar-refractivity contribution in [2.45, 2.75) is 6.42 Å². The van der Waals surface area contributed by atoms with E-state index in [4.69, 9.17) is 11.0 Å². The fraction of sp³-hybridized carbons (Fsp3) is 0.133. The van der Waals surface area contributed by atoms with Gasteiger partial charge < -0.3 is 10.6 Å². The standard InChI is InChI=1S/C15H14N4O2/c16-10-5-11-18(12-6-2-1-3-7-12)14-9-4-8-13(17)15(14)19(20)21/h1-4,6-9H,5,11,17H2. The van der Waals surface area contributed by atoms with Crippen molar-refractivity contribution in [1.29, 1.82) is 5.26 Å². The Balaban J connectivity index is 2.55. The van der Waals surface area contributed by atoms with Gasteiger partial charge in [0, 0.05) is 12.2 Å². The molecule has 0 bridgehead atoms. The van der Waals surface area contributed by atoms with Gasteiger partial charge in [-0.2, -0.15) is 5.26 Å². The molecule has 106 valence electrons. The lowest BCUT2D eigenvalue weighted by Crippen LogP contribution is -2.19. The zero-order chi connectivity index (χ0) is 15.2. The van der Waals surface area contributed by atoms with Crippen molar-refractivity contribution in [2.24, 2.45) is 0 Å². The summed E-state index contributed by atoms with van der Waals surface area (Å²) in [5, 5.41) is 20.1. The molecule has 0 radical (unpaired) electrons. The van der Waals surface area contributed by atoms with E-state index in [2.05, 4.69) is 6.07 Å². The van der Waals surface area contributed by atoms with Gasteiger partial charge in [-0.05, 0) is 24.3 Å². The highest BCUT2D eigenvalue weighted by molar-refractivity contribution is 5.79. The second kappa shape index (κ2) is 6.39. The summed E-state index contributed by atoms with van der Waals surface area (Å²) in [4.78, 5) is 12.5. The highest BCUT2D eigenvalue weighted by atomic mass is 16.6. The van der Waals surface area contributed by atoms with E-state index in [1.54, 1.807) is 17.0 Å². The number of hydrogen-bond donors (Lipinski definition) is 1. The van der Waals surface area contributed by atoms with Crippen LogP contribution in [0.15, 0.2) is 48.5 Å². The maximum absolute atomic E-state index is 11.3. The Kier molecular flexibility index (Phi) is 4.36. The van der Waals surface area contributed by atoms with Crippen LogP contribution < -0.4 is 10.6 Å². The number of nitrogens with zero attached hydrogens (tertiary/aromatic N) is 3. The average Bonchev–Trinajstić information content (AvgIpc) is 2.48. The van der Waals surface area contributed by atoms with Gasteiger partial charge in [0.1, 0.15) is 11.4 Å². The van der Waals surface area contributed by atoms with Crippen LogP contribution >= 0.6 is 0 Å². The Morgan fingerprint density at radius 2 is 1.90 bits per heavy atom. The van der Waals surface area contributed by atoms with E-state index in [1.165, 1.54) is 6.07 Å². The SMILES string of the molecule is N#CCCN(c1ccccc1)c1cccc(N)c1[N+](=O)[O-]. The lowest BCUT2D eigenvalue weighted by molar-refractivity contribution is -0.383. The van der Waals surface area contributed by atoms with E-state index < -0.39 is 4.92 Å². The first-order valence-electron chi connectivity index (χ1n) is 6.37. The van der Waals surface area contributed by atoms with Crippen molar-refractivity contribution < 1.29 is 4.92 Å². The maximum Gasteiger partial charge on any atom is 0.315 e. The number of nitro benzene ring substituents is 1. The summed E-state index contributed by atoms with van der Waals surface area (Å²) in [6, 6.07) is 16.1. The van der Waals surface area contributed by atoms with Gasteiger partial charge >= 0.3 is 5.69 Å². The van der Waals surface area contributed by atoms with Crippen molar-refractivity contribution in [3.8, 4) is 6.07 Å². The molecule has 0 saturated heterocycles. The van der Waals surface area contributed by atoms with E-state index in [1.807, 2.05) is 30.3 Å². The van der Waals surface area contributed by atoms with Gasteiger partial charge in [0.15, 0.2) is 0 Å². The third kappa shape index (κ3) is 3.09. The molecule has 0 aliphatic carbocycles.